The Morgan fingerprint density at radius 1 is 1.05 bits per heavy atom. The summed E-state index contributed by atoms with van der Waals surface area (Å²) in [5.74, 6) is -1.08. The number of rotatable bonds is 12. The number of unbranched alkanes of at least 4 members (excludes halogenated alkanes) is 1. The molecule has 0 aliphatic heterocycles. The van der Waals surface area contributed by atoms with Crippen LogP contribution in [0.2, 0.25) is 0 Å². The van der Waals surface area contributed by atoms with Crippen molar-refractivity contribution < 1.29 is 23.4 Å². The minimum absolute atomic E-state index is 0.0910. The van der Waals surface area contributed by atoms with Crippen LogP contribution in [-0.2, 0) is 36.5 Å². The Bertz CT molecular complexity index is 1280. The predicted octanol–water partition coefficient (Wildman–Crippen LogP) is 2.98. The van der Waals surface area contributed by atoms with Crippen molar-refractivity contribution in [1.29, 1.82) is 0 Å². The van der Waals surface area contributed by atoms with Gasteiger partial charge in [0.25, 0.3) is 0 Å². The van der Waals surface area contributed by atoms with Gasteiger partial charge in [-0.1, -0.05) is 36.4 Å². The van der Waals surface area contributed by atoms with E-state index in [1.807, 2.05) is 30.3 Å². The zero-order chi connectivity index (χ0) is 26.1. The fraction of sp³-hybridized carbons (Fsp3) is 0.320. The fourth-order valence-corrected chi connectivity index (χ4v) is 3.83. The topological polar surface area (TPSA) is 120 Å². The zero-order valence-electron chi connectivity index (χ0n) is 20.0. The lowest BCUT2D eigenvalue weighted by Crippen LogP contribution is -2.37. The molecule has 4 aromatic rings. The Balaban J connectivity index is 1.27. The van der Waals surface area contributed by atoms with Gasteiger partial charge in [-0.25, -0.2) is 32.9 Å². The zero-order valence-corrected chi connectivity index (χ0v) is 20.0. The number of aromatic nitrogens is 6. The molecule has 194 valence electrons. The maximum atomic E-state index is 14.6. The molecule has 0 fully saturated rings. The van der Waals surface area contributed by atoms with Crippen LogP contribution in [0.1, 0.15) is 29.8 Å². The van der Waals surface area contributed by atoms with E-state index < -0.39 is 23.3 Å². The number of carbonyl (C=O) groups is 1. The van der Waals surface area contributed by atoms with Gasteiger partial charge in [0.2, 0.25) is 0 Å². The number of halogens is 2. The molecule has 0 radical (unpaired) electrons. The van der Waals surface area contributed by atoms with Crippen molar-refractivity contribution in [2.24, 2.45) is 0 Å². The lowest BCUT2D eigenvalue weighted by molar-refractivity contribution is -0.00862. The van der Waals surface area contributed by atoms with Crippen LogP contribution < -0.4 is 5.32 Å². The van der Waals surface area contributed by atoms with Crippen molar-refractivity contribution in [2.45, 2.75) is 44.6 Å². The molecule has 4 rings (SSSR count). The number of alkyl carbamates (subject to hydrolysis) is 1. The molecular formula is C25H27F2N7O3. The Hall–Kier alpha value is -4.19. The minimum atomic E-state index is -1.79. The number of ether oxygens (including phenoxy) is 1. The number of benzene rings is 2. The first-order chi connectivity index (χ1) is 17.9. The van der Waals surface area contributed by atoms with Gasteiger partial charge >= 0.3 is 6.09 Å². The molecule has 2 aromatic carbocycles. The number of amides is 1. The molecular weight excluding hydrogens is 484 g/mol. The molecule has 0 spiro atoms. The quantitative estimate of drug-likeness (QED) is 0.281. The highest BCUT2D eigenvalue weighted by Crippen LogP contribution is 2.28. The molecule has 0 aliphatic carbocycles. The maximum absolute atomic E-state index is 14.6. The average Bonchev–Trinajstić information content (AvgIpc) is 3.55. The van der Waals surface area contributed by atoms with Crippen molar-refractivity contribution in [2.75, 3.05) is 6.54 Å². The average molecular weight is 512 g/mol. The molecule has 2 heterocycles. The summed E-state index contributed by atoms with van der Waals surface area (Å²) in [6.45, 7) is 0.378. The molecule has 2 aromatic heterocycles. The summed E-state index contributed by atoms with van der Waals surface area (Å²) < 4.78 is 36.0. The van der Waals surface area contributed by atoms with Crippen molar-refractivity contribution in [3.8, 4) is 0 Å². The molecule has 1 unspecified atom stereocenters. The second kappa shape index (κ2) is 12.2. The van der Waals surface area contributed by atoms with Crippen LogP contribution in [0.5, 0.6) is 0 Å². The van der Waals surface area contributed by atoms with Gasteiger partial charge < -0.3 is 15.2 Å². The van der Waals surface area contributed by atoms with Crippen molar-refractivity contribution >= 4 is 6.09 Å². The Morgan fingerprint density at radius 3 is 2.62 bits per heavy atom. The van der Waals surface area contributed by atoms with E-state index in [4.69, 9.17) is 4.74 Å². The van der Waals surface area contributed by atoms with Gasteiger partial charge in [-0.15, -0.1) is 0 Å². The van der Waals surface area contributed by atoms with Gasteiger partial charge in [0.05, 0.1) is 13.1 Å². The summed E-state index contributed by atoms with van der Waals surface area (Å²) in [5.41, 5.74) is -0.971. The predicted molar refractivity (Wildman–Crippen MR) is 128 cm³/mol. The normalized spacial score (nSPS) is 12.7. The first kappa shape index (κ1) is 25.9. The summed E-state index contributed by atoms with van der Waals surface area (Å²) in [4.78, 5) is 19.9. The fourth-order valence-electron chi connectivity index (χ4n) is 3.83. The van der Waals surface area contributed by atoms with Gasteiger partial charge in [-0.3, -0.25) is 0 Å². The third kappa shape index (κ3) is 7.40. The van der Waals surface area contributed by atoms with E-state index in [2.05, 4.69) is 25.5 Å². The van der Waals surface area contributed by atoms with E-state index in [-0.39, 0.29) is 25.3 Å². The summed E-state index contributed by atoms with van der Waals surface area (Å²) >= 11 is 0. The molecule has 0 bridgehead atoms. The number of carbonyl (C=O) groups excluding carboxylic acids is 1. The van der Waals surface area contributed by atoms with E-state index in [0.29, 0.717) is 31.6 Å². The maximum Gasteiger partial charge on any atom is 0.407 e. The monoisotopic (exact) mass is 511 g/mol. The molecule has 0 saturated carbocycles. The highest BCUT2D eigenvalue weighted by Gasteiger charge is 2.34. The van der Waals surface area contributed by atoms with Crippen molar-refractivity contribution in [1.82, 2.24) is 34.8 Å². The molecule has 0 saturated heterocycles. The van der Waals surface area contributed by atoms with Crippen LogP contribution in [0.3, 0.4) is 0 Å². The number of nitrogens with zero attached hydrogens (tertiary/aromatic N) is 6. The van der Waals surface area contributed by atoms with Crippen molar-refractivity contribution in [3.63, 3.8) is 0 Å². The van der Waals surface area contributed by atoms with Gasteiger partial charge in [-0.05, 0) is 24.5 Å². The van der Waals surface area contributed by atoms with E-state index in [1.54, 1.807) is 0 Å². The highest BCUT2D eigenvalue weighted by molar-refractivity contribution is 5.67. The van der Waals surface area contributed by atoms with Gasteiger partial charge in [0, 0.05) is 24.6 Å². The second-order valence-electron chi connectivity index (χ2n) is 8.55. The third-order valence-electron chi connectivity index (χ3n) is 5.64. The molecule has 12 heteroatoms. The smallest absolute Gasteiger partial charge is 0.407 e. The van der Waals surface area contributed by atoms with Crippen LogP contribution in [0.4, 0.5) is 13.6 Å². The SMILES string of the molecule is O=C(NCCCCc1ncn(CC(O)(Cn2cncn2)c2ccc(F)cc2F)n1)OCc1ccccc1. The summed E-state index contributed by atoms with van der Waals surface area (Å²) in [7, 11) is 0. The number of hydrogen-bond donors (Lipinski definition) is 2. The molecule has 0 aliphatic rings. The number of aryl methyl sites for hydroxylation is 1. The van der Waals surface area contributed by atoms with E-state index in [1.165, 1.54) is 34.4 Å². The lowest BCUT2D eigenvalue weighted by atomic mass is 9.93. The third-order valence-corrected chi connectivity index (χ3v) is 5.64. The van der Waals surface area contributed by atoms with E-state index in [9.17, 15) is 18.7 Å². The van der Waals surface area contributed by atoms with Crippen LogP contribution in [0.25, 0.3) is 0 Å². The standard InChI is InChI=1S/C25H27F2N7O3/c26-20-9-10-21(22(27)12-20)25(36,14-33-17-28-16-31-33)15-34-18-30-23(32-34)8-4-5-11-29-24(35)37-13-19-6-2-1-3-7-19/h1-3,6-7,9-10,12,16-18,36H,4-5,8,11,13-15H2,(H,29,35). The molecule has 37 heavy (non-hydrogen) atoms. The van der Waals surface area contributed by atoms with Crippen LogP contribution >= 0.6 is 0 Å². The Labute approximate surface area is 211 Å². The summed E-state index contributed by atoms with van der Waals surface area (Å²) in [6, 6.07) is 12.4. The molecule has 1 amide bonds. The first-order valence-electron chi connectivity index (χ1n) is 11.7. The number of nitrogens with one attached hydrogen (secondary N) is 1. The van der Waals surface area contributed by atoms with Gasteiger partial charge in [0.1, 0.15) is 42.8 Å². The minimum Gasteiger partial charge on any atom is -0.445 e. The molecule has 1 atom stereocenters. The first-order valence-corrected chi connectivity index (χ1v) is 11.7. The van der Waals surface area contributed by atoms with Crippen LogP contribution in [-0.4, -0.2) is 47.3 Å². The lowest BCUT2D eigenvalue weighted by Gasteiger charge is -2.28. The summed E-state index contributed by atoms with van der Waals surface area (Å²) in [5, 5.41) is 22.5. The van der Waals surface area contributed by atoms with Gasteiger partial charge in [-0.2, -0.15) is 10.2 Å². The number of hydrogen-bond acceptors (Lipinski definition) is 7. The van der Waals surface area contributed by atoms with Crippen molar-refractivity contribution in [3.05, 3.63) is 96.1 Å². The number of aliphatic hydroxyl groups is 1. The Morgan fingerprint density at radius 2 is 1.86 bits per heavy atom. The Kier molecular flexibility index (Phi) is 8.52. The second-order valence-corrected chi connectivity index (χ2v) is 8.55. The summed E-state index contributed by atoms with van der Waals surface area (Å²) in [6.07, 6.45) is 5.59. The molecule has 2 N–H and O–H groups in total. The van der Waals surface area contributed by atoms with Crippen LogP contribution in [0.15, 0.2) is 67.5 Å². The highest BCUT2D eigenvalue weighted by atomic mass is 19.1. The van der Waals surface area contributed by atoms with Crippen LogP contribution in [0, 0.1) is 11.6 Å². The van der Waals surface area contributed by atoms with E-state index in [0.717, 1.165) is 17.7 Å². The van der Waals surface area contributed by atoms with Gasteiger partial charge in [0.15, 0.2) is 5.82 Å². The largest absolute Gasteiger partial charge is 0.445 e. The van der Waals surface area contributed by atoms with E-state index >= 15 is 0 Å². The molecule has 10 nitrogen and oxygen atoms in total.